The Kier molecular flexibility index (Phi) is 11.0. The third-order valence-corrected chi connectivity index (χ3v) is 9.93. The van der Waals surface area contributed by atoms with Gasteiger partial charge in [0, 0.05) is 31.6 Å². The van der Waals surface area contributed by atoms with E-state index in [2.05, 4.69) is 16.3 Å². The van der Waals surface area contributed by atoms with Gasteiger partial charge in [0.25, 0.3) is 5.91 Å². The fourth-order valence-electron chi connectivity index (χ4n) is 7.15. The molecular weight excluding hydrogens is 678 g/mol. The molecule has 53 heavy (non-hydrogen) atoms. The fraction of sp³-hybridized carbons (Fsp3) is 0.341. The molecule has 4 atom stereocenters. The number of anilines is 1. The highest BCUT2D eigenvalue weighted by Gasteiger charge is 2.41. The first kappa shape index (κ1) is 36.1. The molecule has 0 aliphatic carbocycles. The summed E-state index contributed by atoms with van der Waals surface area (Å²) in [6.45, 7) is 2.19. The summed E-state index contributed by atoms with van der Waals surface area (Å²) >= 11 is 0. The lowest BCUT2D eigenvalue weighted by atomic mass is 9.97. The van der Waals surface area contributed by atoms with Crippen molar-refractivity contribution in [2.75, 3.05) is 32.2 Å². The van der Waals surface area contributed by atoms with Gasteiger partial charge in [-0.1, -0.05) is 66.7 Å². The fourth-order valence-corrected chi connectivity index (χ4v) is 7.15. The molecule has 7 rings (SSSR count). The van der Waals surface area contributed by atoms with Gasteiger partial charge in [0.2, 0.25) is 5.91 Å². The van der Waals surface area contributed by atoms with E-state index in [9.17, 15) is 19.5 Å². The Bertz CT molecular complexity index is 1940. The number of aliphatic hydroxyl groups excluding tert-OH is 1. The van der Waals surface area contributed by atoms with E-state index in [1.165, 1.54) is 11.1 Å². The zero-order valence-electron chi connectivity index (χ0n) is 29.7. The van der Waals surface area contributed by atoms with Crippen molar-refractivity contribution in [1.82, 2.24) is 10.2 Å². The molecule has 2 fully saturated rings. The third kappa shape index (κ3) is 8.21. The summed E-state index contributed by atoms with van der Waals surface area (Å²) in [5, 5.41) is 12.2. The topological polar surface area (TPSA) is 136 Å². The number of hydrogen-bond acceptors (Lipinski definition) is 10. The zero-order chi connectivity index (χ0) is 36.9. The number of benzene rings is 4. The van der Waals surface area contributed by atoms with E-state index in [-0.39, 0.29) is 31.8 Å². The van der Waals surface area contributed by atoms with Crippen molar-refractivity contribution in [1.29, 1.82) is 0 Å². The molecule has 0 aromatic heterocycles. The minimum absolute atomic E-state index is 0.0390. The quantitative estimate of drug-likeness (QED) is 0.195. The summed E-state index contributed by atoms with van der Waals surface area (Å²) in [5.74, 6) is 0.429. The van der Waals surface area contributed by atoms with Gasteiger partial charge in [-0.2, -0.15) is 0 Å². The van der Waals surface area contributed by atoms with Crippen molar-refractivity contribution in [3.63, 3.8) is 0 Å². The maximum Gasteiger partial charge on any atom is 0.408 e. The normalized spacial score (nSPS) is 21.6. The van der Waals surface area contributed by atoms with Crippen LogP contribution in [0.3, 0.4) is 0 Å². The molecule has 12 nitrogen and oxygen atoms in total. The molecule has 2 saturated heterocycles. The molecule has 0 spiro atoms. The number of nitrogens with zero attached hydrogens (tertiary/aromatic N) is 2. The van der Waals surface area contributed by atoms with Crippen LogP contribution in [0.4, 0.5) is 10.5 Å². The highest BCUT2D eigenvalue weighted by molar-refractivity contribution is 6.22. The number of hydrogen-bond donors (Lipinski definition) is 2. The molecule has 4 aromatic rings. The lowest BCUT2D eigenvalue weighted by molar-refractivity contribution is -0.253. The van der Waals surface area contributed by atoms with Gasteiger partial charge < -0.3 is 34.1 Å². The molecule has 2 N–H and O–H groups in total. The van der Waals surface area contributed by atoms with Crippen LogP contribution in [0.2, 0.25) is 0 Å². The van der Waals surface area contributed by atoms with Crippen LogP contribution in [-0.2, 0) is 50.0 Å². The van der Waals surface area contributed by atoms with E-state index in [1.807, 2.05) is 66.7 Å². The predicted octanol–water partition coefficient (Wildman–Crippen LogP) is 5.36. The minimum atomic E-state index is -1.05. The summed E-state index contributed by atoms with van der Waals surface area (Å²) < 4.78 is 29.6. The van der Waals surface area contributed by atoms with Crippen LogP contribution in [-0.4, -0.2) is 67.4 Å². The van der Waals surface area contributed by atoms with Crippen molar-refractivity contribution < 1.29 is 43.2 Å². The Morgan fingerprint density at radius 2 is 1.62 bits per heavy atom. The second-order valence-electron chi connectivity index (χ2n) is 13.4. The average Bonchev–Trinajstić information content (AvgIpc) is 3.47. The van der Waals surface area contributed by atoms with Crippen LogP contribution in [0.25, 0.3) is 0 Å². The summed E-state index contributed by atoms with van der Waals surface area (Å²) in [6.07, 6.45) is -0.845. The van der Waals surface area contributed by atoms with Crippen LogP contribution in [0.5, 0.6) is 11.5 Å². The van der Waals surface area contributed by atoms with Crippen molar-refractivity contribution in [2.45, 2.75) is 63.6 Å². The second kappa shape index (κ2) is 16.2. The number of fused-ring (bicyclic) bond motifs is 1. The van der Waals surface area contributed by atoms with E-state index in [0.717, 1.165) is 46.9 Å². The molecular formula is C41H43N3O9. The van der Waals surface area contributed by atoms with E-state index in [1.54, 1.807) is 32.4 Å². The van der Waals surface area contributed by atoms with Crippen LogP contribution in [0, 0.1) is 0 Å². The van der Waals surface area contributed by atoms with Gasteiger partial charge >= 0.3 is 6.09 Å². The summed E-state index contributed by atoms with van der Waals surface area (Å²) in [4.78, 5) is 42.6. The molecule has 0 radical (unpaired) electrons. The van der Waals surface area contributed by atoms with Crippen LogP contribution < -0.4 is 19.7 Å². The monoisotopic (exact) mass is 721 g/mol. The number of carbonyl (C=O) groups is 3. The number of methoxy groups -OCH3 is 2. The van der Waals surface area contributed by atoms with Gasteiger partial charge in [-0.05, 0) is 58.5 Å². The van der Waals surface area contributed by atoms with E-state index in [0.29, 0.717) is 30.0 Å². The molecule has 3 heterocycles. The van der Waals surface area contributed by atoms with E-state index in [4.69, 9.17) is 23.7 Å². The zero-order valence-corrected chi connectivity index (χ0v) is 29.7. The predicted molar refractivity (Wildman–Crippen MR) is 194 cm³/mol. The minimum Gasteiger partial charge on any atom is -0.493 e. The second-order valence-corrected chi connectivity index (χ2v) is 13.4. The van der Waals surface area contributed by atoms with Crippen LogP contribution in [0.1, 0.15) is 58.6 Å². The number of nitrogens with one attached hydrogen (secondary N) is 1. The maximum absolute atomic E-state index is 13.5. The van der Waals surface area contributed by atoms with Crippen molar-refractivity contribution in [2.24, 2.45) is 0 Å². The molecule has 0 bridgehead atoms. The number of carbonyl (C=O) groups excluding carboxylic acids is 3. The largest absolute Gasteiger partial charge is 0.493 e. The number of amides is 3. The van der Waals surface area contributed by atoms with E-state index >= 15 is 0 Å². The summed E-state index contributed by atoms with van der Waals surface area (Å²) in [6, 6.07) is 26.9. The van der Waals surface area contributed by atoms with Crippen molar-refractivity contribution in [3.8, 4) is 11.5 Å². The Morgan fingerprint density at radius 3 is 2.36 bits per heavy atom. The van der Waals surface area contributed by atoms with Gasteiger partial charge in [0.05, 0.1) is 45.1 Å². The SMILES string of the molecule is COc1cc2c(cc1OC)CN(CC1CC(c3ccc(CO)cc3)OC(c3cccc(N4C(=O)CC(NC(=O)OCc5ccccc5)C4=O)c3)O1)CC2. The van der Waals surface area contributed by atoms with Crippen LogP contribution >= 0.6 is 0 Å². The molecule has 4 unspecified atom stereocenters. The molecule has 276 valence electrons. The number of imide groups is 1. The number of ether oxygens (including phenoxy) is 5. The molecule has 12 heteroatoms. The van der Waals surface area contributed by atoms with Gasteiger partial charge in [0.1, 0.15) is 12.6 Å². The number of rotatable bonds is 11. The first-order valence-electron chi connectivity index (χ1n) is 17.7. The van der Waals surface area contributed by atoms with Gasteiger partial charge in [0.15, 0.2) is 17.8 Å². The molecule has 4 aromatic carbocycles. The van der Waals surface area contributed by atoms with Crippen LogP contribution in [0.15, 0.2) is 91.0 Å². The lowest BCUT2D eigenvalue weighted by Gasteiger charge is -2.39. The summed E-state index contributed by atoms with van der Waals surface area (Å²) in [7, 11) is 3.28. The van der Waals surface area contributed by atoms with Gasteiger partial charge in [-0.25, -0.2) is 9.69 Å². The third-order valence-electron chi connectivity index (χ3n) is 9.93. The Hall–Kier alpha value is -5.27. The highest BCUT2D eigenvalue weighted by atomic mass is 16.7. The number of aliphatic hydroxyl groups is 1. The Balaban J connectivity index is 1.07. The highest BCUT2D eigenvalue weighted by Crippen LogP contribution is 2.40. The van der Waals surface area contributed by atoms with Crippen molar-refractivity contribution >= 4 is 23.6 Å². The standard InChI is InChI=1S/C41H43N3O9/c1-49-36-18-29-15-16-43(22-31(29)19-37(36)50-2)23-33-20-35(28-13-11-26(24-45)12-14-28)53-40(52-33)30-9-6-10-32(17-30)44-38(46)21-34(39(44)47)42-41(48)51-25-27-7-4-3-5-8-27/h3-14,17-19,33-35,40,45H,15-16,20-25H2,1-2H3,(H,42,48). The first-order chi connectivity index (χ1) is 25.8. The Labute approximate surface area is 308 Å². The smallest absolute Gasteiger partial charge is 0.408 e. The lowest BCUT2D eigenvalue weighted by Crippen LogP contribution is -2.42. The first-order valence-corrected chi connectivity index (χ1v) is 17.7. The van der Waals surface area contributed by atoms with Crippen molar-refractivity contribution in [3.05, 3.63) is 124 Å². The molecule has 3 aliphatic rings. The van der Waals surface area contributed by atoms with Gasteiger partial charge in [-0.15, -0.1) is 0 Å². The Morgan fingerprint density at radius 1 is 0.868 bits per heavy atom. The average molecular weight is 722 g/mol. The molecule has 0 saturated carbocycles. The summed E-state index contributed by atoms with van der Waals surface area (Å²) in [5.41, 5.74) is 5.97. The molecule has 3 amide bonds. The maximum atomic E-state index is 13.5. The van der Waals surface area contributed by atoms with Gasteiger partial charge in [-0.3, -0.25) is 14.5 Å². The van der Waals surface area contributed by atoms with E-state index < -0.39 is 30.2 Å². The molecule has 3 aliphatic heterocycles. The number of alkyl carbamates (subject to hydrolysis) is 1.